The first-order chi connectivity index (χ1) is 12.6. The normalized spacial score (nSPS) is 14.2. The number of amides is 2. The molecule has 6 heteroatoms. The van der Waals surface area contributed by atoms with Crippen LogP contribution in [0.1, 0.15) is 29.3 Å². The summed E-state index contributed by atoms with van der Waals surface area (Å²) in [6.45, 7) is 2.58. The molecule has 1 aliphatic heterocycles. The van der Waals surface area contributed by atoms with Gasteiger partial charge < -0.3 is 20.1 Å². The summed E-state index contributed by atoms with van der Waals surface area (Å²) >= 11 is 0. The van der Waals surface area contributed by atoms with Crippen molar-refractivity contribution in [3.05, 3.63) is 59.4 Å². The second kappa shape index (κ2) is 7.74. The quantitative estimate of drug-likeness (QED) is 0.810. The number of hydrogen-bond acceptors (Lipinski definition) is 4. The highest BCUT2D eigenvalue weighted by Crippen LogP contribution is 2.33. The van der Waals surface area contributed by atoms with Crippen LogP contribution < -0.4 is 20.1 Å². The van der Waals surface area contributed by atoms with Gasteiger partial charge in [0.2, 0.25) is 0 Å². The number of nitrogens with one attached hydrogen (secondary N) is 2. The van der Waals surface area contributed by atoms with Gasteiger partial charge in [-0.3, -0.25) is 9.59 Å². The van der Waals surface area contributed by atoms with Gasteiger partial charge in [-0.15, -0.1) is 0 Å². The predicted molar refractivity (Wildman–Crippen MR) is 99.3 cm³/mol. The maximum absolute atomic E-state index is 12.4. The van der Waals surface area contributed by atoms with Gasteiger partial charge in [0.05, 0.1) is 12.8 Å². The Morgan fingerprint density at radius 1 is 1.27 bits per heavy atom. The number of anilines is 1. The maximum Gasteiger partial charge on any atom is 0.291 e. The minimum Gasteiger partial charge on any atom is -0.496 e. The molecule has 26 heavy (non-hydrogen) atoms. The van der Waals surface area contributed by atoms with Crippen LogP contribution in [0.4, 0.5) is 5.69 Å². The Labute approximate surface area is 151 Å². The lowest BCUT2D eigenvalue weighted by atomic mass is 10.1. The Bertz CT molecular complexity index is 874. The fourth-order valence-corrected chi connectivity index (χ4v) is 2.57. The molecule has 0 spiro atoms. The predicted octanol–water partition coefficient (Wildman–Crippen LogP) is 3.21. The van der Waals surface area contributed by atoms with Crippen molar-refractivity contribution in [1.82, 2.24) is 5.32 Å². The summed E-state index contributed by atoms with van der Waals surface area (Å²) in [4.78, 5) is 24.4. The molecule has 0 aromatic heterocycles. The van der Waals surface area contributed by atoms with Crippen molar-refractivity contribution in [3.63, 3.8) is 0 Å². The van der Waals surface area contributed by atoms with Gasteiger partial charge in [-0.05, 0) is 36.8 Å². The summed E-state index contributed by atoms with van der Waals surface area (Å²) in [7, 11) is 1.57. The molecule has 0 bridgehead atoms. The van der Waals surface area contributed by atoms with Crippen LogP contribution in [-0.4, -0.2) is 25.5 Å². The van der Waals surface area contributed by atoms with Crippen LogP contribution in [0.15, 0.2) is 48.2 Å². The Hall–Kier alpha value is -3.28. The van der Waals surface area contributed by atoms with Crippen LogP contribution in [0.3, 0.4) is 0 Å². The van der Waals surface area contributed by atoms with E-state index in [4.69, 9.17) is 9.47 Å². The molecule has 0 atom stereocenters. The number of hydrogen-bond donors (Lipinski definition) is 2. The van der Waals surface area contributed by atoms with E-state index in [1.54, 1.807) is 31.4 Å². The lowest BCUT2D eigenvalue weighted by molar-refractivity contribution is -0.115. The van der Waals surface area contributed by atoms with Gasteiger partial charge in [0.25, 0.3) is 11.8 Å². The van der Waals surface area contributed by atoms with Crippen molar-refractivity contribution in [2.45, 2.75) is 13.3 Å². The highest BCUT2D eigenvalue weighted by molar-refractivity contribution is 6.09. The zero-order chi connectivity index (χ0) is 18.5. The van der Waals surface area contributed by atoms with Crippen LogP contribution in [0.2, 0.25) is 0 Å². The first-order valence-corrected chi connectivity index (χ1v) is 8.38. The molecule has 6 nitrogen and oxygen atoms in total. The average Bonchev–Trinajstić information content (AvgIpc) is 2.66. The highest BCUT2D eigenvalue weighted by Gasteiger charge is 2.23. The van der Waals surface area contributed by atoms with Gasteiger partial charge in [0.15, 0.2) is 11.5 Å². The smallest absolute Gasteiger partial charge is 0.291 e. The van der Waals surface area contributed by atoms with E-state index in [0.717, 1.165) is 12.0 Å². The van der Waals surface area contributed by atoms with Crippen LogP contribution >= 0.6 is 0 Å². The third-order valence-corrected chi connectivity index (χ3v) is 3.89. The van der Waals surface area contributed by atoms with E-state index in [1.165, 1.54) is 0 Å². The van der Waals surface area contributed by atoms with E-state index in [9.17, 15) is 9.59 Å². The Morgan fingerprint density at radius 2 is 2.08 bits per heavy atom. The summed E-state index contributed by atoms with van der Waals surface area (Å²) in [5.74, 6) is 0.724. The first kappa shape index (κ1) is 17.5. The number of ether oxygens (including phenoxy) is 2. The molecule has 0 aliphatic carbocycles. The van der Waals surface area contributed by atoms with E-state index in [0.29, 0.717) is 29.3 Å². The van der Waals surface area contributed by atoms with E-state index in [-0.39, 0.29) is 17.6 Å². The van der Waals surface area contributed by atoms with Gasteiger partial charge in [0, 0.05) is 17.7 Å². The number of benzene rings is 2. The molecule has 2 aromatic rings. The molecular formula is C20H20N2O4. The minimum absolute atomic E-state index is 0.158. The monoisotopic (exact) mass is 352 g/mol. The van der Waals surface area contributed by atoms with E-state index < -0.39 is 0 Å². The summed E-state index contributed by atoms with van der Waals surface area (Å²) < 4.78 is 11.0. The molecule has 0 fully saturated rings. The lowest BCUT2D eigenvalue weighted by Gasteiger charge is -2.20. The molecule has 2 aromatic carbocycles. The fraction of sp³-hybridized carbons (Fsp3) is 0.200. The summed E-state index contributed by atoms with van der Waals surface area (Å²) in [5, 5.41) is 5.57. The number of methoxy groups -OCH3 is 1. The van der Waals surface area contributed by atoms with Gasteiger partial charge in [-0.25, -0.2) is 0 Å². The van der Waals surface area contributed by atoms with Crippen molar-refractivity contribution < 1.29 is 19.1 Å². The molecule has 2 amide bonds. The molecule has 2 N–H and O–H groups in total. The third kappa shape index (κ3) is 3.69. The minimum atomic E-state index is -0.380. The van der Waals surface area contributed by atoms with Gasteiger partial charge in [-0.1, -0.05) is 25.1 Å². The number of carbonyl (C=O) groups is 2. The summed E-state index contributed by atoms with van der Waals surface area (Å²) in [5.41, 5.74) is 1.67. The van der Waals surface area contributed by atoms with Gasteiger partial charge >= 0.3 is 0 Å². The highest BCUT2D eigenvalue weighted by atomic mass is 16.5. The number of rotatable bonds is 5. The van der Waals surface area contributed by atoms with E-state index in [2.05, 4.69) is 10.6 Å². The zero-order valence-corrected chi connectivity index (χ0v) is 14.7. The molecule has 0 radical (unpaired) electrons. The van der Waals surface area contributed by atoms with Crippen LogP contribution in [0.5, 0.6) is 11.5 Å². The second-order valence-corrected chi connectivity index (χ2v) is 5.77. The van der Waals surface area contributed by atoms with Crippen molar-refractivity contribution in [3.8, 4) is 11.5 Å². The van der Waals surface area contributed by atoms with Gasteiger partial charge in [-0.2, -0.15) is 0 Å². The lowest BCUT2D eigenvalue weighted by Crippen LogP contribution is -2.26. The third-order valence-electron chi connectivity index (χ3n) is 3.89. The van der Waals surface area contributed by atoms with E-state index in [1.807, 2.05) is 31.2 Å². The molecule has 134 valence electrons. The Morgan fingerprint density at radius 3 is 2.85 bits per heavy atom. The first-order valence-electron chi connectivity index (χ1n) is 8.38. The van der Waals surface area contributed by atoms with Crippen LogP contribution in [0.25, 0.3) is 6.08 Å². The van der Waals surface area contributed by atoms with E-state index >= 15 is 0 Å². The number of fused-ring (bicyclic) bond motifs is 1. The number of para-hydroxylation sites is 1. The molecule has 3 rings (SSSR count). The largest absolute Gasteiger partial charge is 0.496 e. The van der Waals surface area contributed by atoms with Crippen molar-refractivity contribution in [1.29, 1.82) is 0 Å². The Kier molecular flexibility index (Phi) is 5.22. The average molecular weight is 352 g/mol. The van der Waals surface area contributed by atoms with Gasteiger partial charge in [0.1, 0.15) is 5.75 Å². The standard InChI is InChI=1S/C20H20N2O4/c1-3-10-21-19(23)14-8-9-17-15(11-14)22-20(24)18(26-17)12-13-6-4-5-7-16(13)25-2/h4-9,11-12H,3,10H2,1-2H3,(H,21,23)(H,22,24). The molecule has 0 unspecified atom stereocenters. The molecule has 0 saturated heterocycles. The maximum atomic E-state index is 12.4. The number of carbonyl (C=O) groups excluding carboxylic acids is 2. The topological polar surface area (TPSA) is 76.7 Å². The fourth-order valence-electron chi connectivity index (χ4n) is 2.57. The molecule has 1 aliphatic rings. The summed E-state index contributed by atoms with van der Waals surface area (Å²) in [6.07, 6.45) is 2.48. The molecule has 0 saturated carbocycles. The van der Waals surface area contributed by atoms with Crippen molar-refractivity contribution in [2.24, 2.45) is 0 Å². The van der Waals surface area contributed by atoms with Crippen molar-refractivity contribution >= 4 is 23.6 Å². The molecule has 1 heterocycles. The Balaban J connectivity index is 1.86. The van der Waals surface area contributed by atoms with Crippen molar-refractivity contribution in [2.75, 3.05) is 19.0 Å². The van der Waals surface area contributed by atoms with Crippen LogP contribution in [-0.2, 0) is 4.79 Å². The van der Waals surface area contributed by atoms with Crippen LogP contribution in [0, 0.1) is 0 Å². The zero-order valence-electron chi connectivity index (χ0n) is 14.7. The second-order valence-electron chi connectivity index (χ2n) is 5.77. The summed E-state index contributed by atoms with van der Waals surface area (Å²) in [6, 6.07) is 12.3. The SMILES string of the molecule is CCCNC(=O)c1ccc2c(c1)NC(=O)C(=Cc1ccccc1OC)O2. The molecular weight excluding hydrogens is 332 g/mol.